The molecule has 0 heterocycles. The molecule has 0 aliphatic rings. The van der Waals surface area contributed by atoms with Crippen LogP contribution in [0.5, 0.6) is 0 Å². The molecule has 3 heteroatoms. The fraction of sp³-hybridized carbons (Fsp3) is 0.0714. The van der Waals surface area contributed by atoms with Gasteiger partial charge in [0.1, 0.15) is 5.82 Å². The maximum Gasteiger partial charge on any atom is 0.131 e. The molecule has 1 nitrogen and oxygen atoms in total. The van der Waals surface area contributed by atoms with Crippen molar-refractivity contribution >= 4 is 22.6 Å². The summed E-state index contributed by atoms with van der Waals surface area (Å²) < 4.78 is 14.6. The van der Waals surface area contributed by atoms with Gasteiger partial charge in [-0.1, -0.05) is 36.4 Å². The molecule has 0 saturated heterocycles. The lowest BCUT2D eigenvalue weighted by molar-refractivity contribution is 0.631. The third kappa shape index (κ3) is 2.47. The summed E-state index contributed by atoms with van der Waals surface area (Å²) in [7, 11) is 0. The van der Waals surface area contributed by atoms with E-state index in [1.807, 2.05) is 24.3 Å². The molecule has 0 spiro atoms. The zero-order valence-corrected chi connectivity index (χ0v) is 11.1. The molecular formula is C14H9FIN. The van der Waals surface area contributed by atoms with Crippen LogP contribution in [0, 0.1) is 20.7 Å². The number of rotatable bonds is 2. The maximum absolute atomic E-state index is 13.7. The summed E-state index contributed by atoms with van der Waals surface area (Å²) in [6.45, 7) is 0. The van der Waals surface area contributed by atoms with Gasteiger partial charge in [-0.2, -0.15) is 5.26 Å². The highest BCUT2D eigenvalue weighted by molar-refractivity contribution is 14.1. The van der Waals surface area contributed by atoms with E-state index in [0.29, 0.717) is 12.0 Å². The lowest BCUT2D eigenvalue weighted by atomic mass is 10.0. The fourth-order valence-corrected chi connectivity index (χ4v) is 2.53. The number of halogens is 2. The van der Waals surface area contributed by atoms with E-state index >= 15 is 0 Å². The number of nitrogens with zero attached hydrogens (tertiary/aromatic N) is 1. The van der Waals surface area contributed by atoms with Crippen molar-refractivity contribution in [3.8, 4) is 17.2 Å². The molecule has 0 aliphatic heterocycles. The molecule has 0 aliphatic carbocycles. The van der Waals surface area contributed by atoms with Crippen LogP contribution in [0.15, 0.2) is 42.5 Å². The molecule has 0 unspecified atom stereocenters. The molecule has 2 rings (SSSR count). The Hall–Kier alpha value is -1.41. The number of benzene rings is 2. The van der Waals surface area contributed by atoms with Crippen molar-refractivity contribution in [2.45, 2.75) is 6.42 Å². The monoisotopic (exact) mass is 337 g/mol. The second-order valence-electron chi connectivity index (χ2n) is 3.59. The summed E-state index contributed by atoms with van der Waals surface area (Å²) in [6, 6.07) is 14.4. The SMILES string of the molecule is N#CCc1cccc(-c2ccccc2F)c1I. The van der Waals surface area contributed by atoms with Crippen molar-refractivity contribution < 1.29 is 4.39 Å². The van der Waals surface area contributed by atoms with Crippen LogP contribution >= 0.6 is 22.6 Å². The summed E-state index contributed by atoms with van der Waals surface area (Å²) >= 11 is 2.17. The highest BCUT2D eigenvalue weighted by Crippen LogP contribution is 2.29. The molecule has 84 valence electrons. The predicted molar refractivity (Wildman–Crippen MR) is 73.9 cm³/mol. The Kier molecular flexibility index (Phi) is 3.75. The average molecular weight is 337 g/mol. The molecule has 2 aromatic carbocycles. The molecule has 0 atom stereocenters. The lowest BCUT2D eigenvalue weighted by Gasteiger charge is -2.08. The van der Waals surface area contributed by atoms with E-state index in [4.69, 9.17) is 5.26 Å². The maximum atomic E-state index is 13.7. The Morgan fingerprint density at radius 1 is 1.06 bits per heavy atom. The zero-order valence-electron chi connectivity index (χ0n) is 8.95. The number of nitriles is 1. The largest absolute Gasteiger partial charge is 0.206 e. The smallest absolute Gasteiger partial charge is 0.131 e. The van der Waals surface area contributed by atoms with E-state index in [0.717, 1.165) is 14.7 Å². The summed E-state index contributed by atoms with van der Waals surface area (Å²) in [6.07, 6.45) is 0.348. The van der Waals surface area contributed by atoms with Crippen LogP contribution in [0.2, 0.25) is 0 Å². The second kappa shape index (κ2) is 5.28. The van der Waals surface area contributed by atoms with Gasteiger partial charge in [0.05, 0.1) is 12.5 Å². The van der Waals surface area contributed by atoms with Crippen molar-refractivity contribution in [1.82, 2.24) is 0 Å². The van der Waals surface area contributed by atoms with Gasteiger partial charge < -0.3 is 0 Å². The Morgan fingerprint density at radius 2 is 1.76 bits per heavy atom. The van der Waals surface area contributed by atoms with Gasteiger partial charge in [0.2, 0.25) is 0 Å². The quantitative estimate of drug-likeness (QED) is 0.755. The summed E-state index contributed by atoms with van der Waals surface area (Å²) in [5.74, 6) is -0.237. The van der Waals surface area contributed by atoms with Crippen molar-refractivity contribution in [2.24, 2.45) is 0 Å². The van der Waals surface area contributed by atoms with E-state index in [1.54, 1.807) is 12.1 Å². The third-order valence-electron chi connectivity index (χ3n) is 2.51. The fourth-order valence-electron chi connectivity index (χ4n) is 1.69. The molecule has 0 N–H and O–H groups in total. The van der Waals surface area contributed by atoms with Crippen LogP contribution in [0.25, 0.3) is 11.1 Å². The van der Waals surface area contributed by atoms with Crippen LogP contribution in [0.4, 0.5) is 4.39 Å². The number of hydrogen-bond acceptors (Lipinski definition) is 1. The van der Waals surface area contributed by atoms with E-state index < -0.39 is 0 Å². The second-order valence-corrected chi connectivity index (χ2v) is 4.67. The summed E-state index contributed by atoms with van der Waals surface area (Å²) in [5.41, 5.74) is 2.36. The van der Waals surface area contributed by atoms with Crippen molar-refractivity contribution in [3.05, 3.63) is 57.4 Å². The standard InChI is InChI=1S/C14H9FIN/c15-13-7-2-1-5-11(13)12-6-3-4-10(8-9-17)14(12)16/h1-7H,8H2. The van der Waals surface area contributed by atoms with Crippen LogP contribution in [0.3, 0.4) is 0 Å². The Bertz CT molecular complexity index is 587. The third-order valence-corrected chi connectivity index (χ3v) is 3.79. The first-order valence-electron chi connectivity index (χ1n) is 5.13. The van der Waals surface area contributed by atoms with E-state index in [-0.39, 0.29) is 5.82 Å². The summed E-state index contributed by atoms with van der Waals surface area (Å²) in [5, 5.41) is 8.73. The minimum atomic E-state index is -0.237. The van der Waals surface area contributed by atoms with Gasteiger partial charge >= 0.3 is 0 Å². The van der Waals surface area contributed by atoms with Gasteiger partial charge in [-0.15, -0.1) is 0 Å². The minimum Gasteiger partial charge on any atom is -0.206 e. The summed E-state index contributed by atoms with van der Waals surface area (Å²) in [4.78, 5) is 0. The highest BCUT2D eigenvalue weighted by Gasteiger charge is 2.10. The van der Waals surface area contributed by atoms with E-state index in [2.05, 4.69) is 28.7 Å². The zero-order chi connectivity index (χ0) is 12.3. The van der Waals surface area contributed by atoms with Gasteiger partial charge in [0, 0.05) is 9.13 Å². The van der Waals surface area contributed by atoms with Crippen molar-refractivity contribution in [2.75, 3.05) is 0 Å². The van der Waals surface area contributed by atoms with Gasteiger partial charge in [0.25, 0.3) is 0 Å². The first-order valence-corrected chi connectivity index (χ1v) is 6.21. The Labute approximate surface area is 113 Å². The van der Waals surface area contributed by atoms with Gasteiger partial charge in [-0.05, 0) is 39.8 Å². The van der Waals surface area contributed by atoms with Crippen LogP contribution in [-0.2, 0) is 6.42 Å². The molecule has 0 saturated carbocycles. The van der Waals surface area contributed by atoms with Gasteiger partial charge in [-0.25, -0.2) is 4.39 Å². The average Bonchev–Trinajstić information content (AvgIpc) is 2.33. The minimum absolute atomic E-state index is 0.237. The number of hydrogen-bond donors (Lipinski definition) is 0. The molecule has 0 aromatic heterocycles. The normalized spacial score (nSPS) is 9.94. The topological polar surface area (TPSA) is 23.8 Å². The lowest BCUT2D eigenvalue weighted by Crippen LogP contribution is -1.92. The molecule has 0 bridgehead atoms. The predicted octanol–water partition coefficient (Wildman–Crippen LogP) is 4.16. The molecule has 17 heavy (non-hydrogen) atoms. The van der Waals surface area contributed by atoms with E-state index in [1.165, 1.54) is 6.07 Å². The molecule has 0 fully saturated rings. The first-order chi connectivity index (χ1) is 8.24. The molecule has 0 radical (unpaired) electrons. The highest BCUT2D eigenvalue weighted by atomic mass is 127. The van der Waals surface area contributed by atoms with Crippen LogP contribution in [0.1, 0.15) is 5.56 Å². The van der Waals surface area contributed by atoms with Gasteiger partial charge in [0.15, 0.2) is 0 Å². The van der Waals surface area contributed by atoms with Crippen molar-refractivity contribution in [3.63, 3.8) is 0 Å². The van der Waals surface area contributed by atoms with Crippen LogP contribution in [-0.4, -0.2) is 0 Å². The Morgan fingerprint density at radius 3 is 2.47 bits per heavy atom. The van der Waals surface area contributed by atoms with Gasteiger partial charge in [-0.3, -0.25) is 0 Å². The van der Waals surface area contributed by atoms with E-state index in [9.17, 15) is 4.39 Å². The first kappa shape index (κ1) is 12.1. The Balaban J connectivity index is 2.58. The molecule has 2 aromatic rings. The molecule has 0 amide bonds. The molecular weight excluding hydrogens is 328 g/mol. The van der Waals surface area contributed by atoms with Crippen molar-refractivity contribution in [1.29, 1.82) is 5.26 Å². The van der Waals surface area contributed by atoms with Crippen LogP contribution < -0.4 is 0 Å².